The van der Waals surface area contributed by atoms with Crippen LogP contribution in [0.3, 0.4) is 0 Å². The van der Waals surface area contributed by atoms with Gasteiger partial charge < -0.3 is 19.7 Å². The van der Waals surface area contributed by atoms with Crippen LogP contribution in [0.2, 0.25) is 0 Å². The van der Waals surface area contributed by atoms with Gasteiger partial charge in [0.2, 0.25) is 0 Å². The Bertz CT molecular complexity index is 610. The van der Waals surface area contributed by atoms with Crippen LogP contribution in [0.1, 0.15) is 31.2 Å². The minimum absolute atomic E-state index is 0.566. The Morgan fingerprint density at radius 2 is 2.00 bits per heavy atom. The number of likely N-dealkylation sites (tertiary alicyclic amines) is 2. The molecule has 2 aliphatic heterocycles. The second-order valence-electron chi connectivity index (χ2n) is 8.20. The molecule has 0 saturated carbocycles. The molecule has 2 heterocycles. The van der Waals surface area contributed by atoms with Crippen molar-refractivity contribution in [2.75, 3.05) is 60.2 Å². The summed E-state index contributed by atoms with van der Waals surface area (Å²) in [7, 11) is 3.61. The molecule has 0 aromatic heterocycles. The lowest BCUT2D eigenvalue weighted by Gasteiger charge is -2.36. The molecule has 0 amide bonds. The molecule has 0 bridgehead atoms. The molecule has 6 nitrogen and oxygen atoms in total. The van der Waals surface area contributed by atoms with E-state index in [-0.39, 0.29) is 0 Å². The van der Waals surface area contributed by atoms with E-state index < -0.39 is 0 Å². The summed E-state index contributed by atoms with van der Waals surface area (Å²) in [6.07, 6.45) is 5.04. The predicted molar refractivity (Wildman–Crippen MR) is 118 cm³/mol. The van der Waals surface area contributed by atoms with Crippen molar-refractivity contribution in [3.8, 4) is 0 Å². The van der Waals surface area contributed by atoms with Gasteiger partial charge in [-0.1, -0.05) is 36.8 Å². The number of guanidine groups is 1. The van der Waals surface area contributed by atoms with Crippen LogP contribution >= 0.6 is 0 Å². The predicted octanol–water partition coefficient (Wildman–Crippen LogP) is 2.60. The molecule has 1 aromatic carbocycles. The Labute approximate surface area is 176 Å². The maximum Gasteiger partial charge on any atom is 0.193 e. The first-order chi connectivity index (χ1) is 14.3. The van der Waals surface area contributed by atoms with E-state index in [1.54, 1.807) is 7.11 Å². The summed E-state index contributed by atoms with van der Waals surface area (Å²) in [4.78, 5) is 9.58. The third kappa shape index (κ3) is 6.98. The van der Waals surface area contributed by atoms with Gasteiger partial charge in [0, 0.05) is 52.3 Å². The first kappa shape index (κ1) is 22.1. The standard InChI is InChI=1S/C23H38N4O2/c1-24-23(27-13-11-21(18-27)19-29-15-14-28-2)25-16-22-10-6-7-12-26(22)17-20-8-4-3-5-9-20/h3-5,8-9,21-22H,6-7,10-19H2,1-2H3,(H,24,25). The fraction of sp³-hybridized carbons (Fsp3) is 0.696. The first-order valence-corrected chi connectivity index (χ1v) is 11.1. The minimum Gasteiger partial charge on any atom is -0.382 e. The smallest absolute Gasteiger partial charge is 0.193 e. The van der Waals surface area contributed by atoms with Gasteiger partial charge in [0.05, 0.1) is 19.8 Å². The van der Waals surface area contributed by atoms with Crippen LogP contribution in [-0.2, 0) is 16.0 Å². The fourth-order valence-electron chi connectivity index (χ4n) is 4.41. The highest BCUT2D eigenvalue weighted by Gasteiger charge is 2.27. The Morgan fingerprint density at radius 1 is 1.14 bits per heavy atom. The number of piperidine rings is 1. The van der Waals surface area contributed by atoms with Crippen molar-refractivity contribution >= 4 is 5.96 Å². The summed E-state index contributed by atoms with van der Waals surface area (Å²) >= 11 is 0. The Kier molecular flexibility index (Phi) is 9.25. The number of aliphatic imine (C=N–C) groups is 1. The van der Waals surface area contributed by atoms with Gasteiger partial charge in [0.1, 0.15) is 0 Å². The number of rotatable bonds is 9. The van der Waals surface area contributed by atoms with Crippen LogP contribution in [-0.4, -0.2) is 82.0 Å². The van der Waals surface area contributed by atoms with Gasteiger partial charge in [-0.3, -0.25) is 9.89 Å². The molecule has 1 aromatic rings. The Hall–Kier alpha value is -1.63. The molecule has 2 atom stereocenters. The highest BCUT2D eigenvalue weighted by atomic mass is 16.5. The van der Waals surface area contributed by atoms with Crippen LogP contribution < -0.4 is 5.32 Å². The summed E-state index contributed by atoms with van der Waals surface area (Å²) in [6.45, 7) is 7.41. The quantitative estimate of drug-likeness (QED) is 0.391. The molecule has 0 spiro atoms. The average Bonchev–Trinajstić information content (AvgIpc) is 3.22. The van der Waals surface area contributed by atoms with Gasteiger partial charge in [0.15, 0.2) is 5.96 Å². The monoisotopic (exact) mass is 402 g/mol. The molecular weight excluding hydrogens is 364 g/mol. The van der Waals surface area contributed by atoms with Gasteiger partial charge in [-0.05, 0) is 31.4 Å². The van der Waals surface area contributed by atoms with Crippen molar-refractivity contribution < 1.29 is 9.47 Å². The second-order valence-corrected chi connectivity index (χ2v) is 8.20. The van der Waals surface area contributed by atoms with Gasteiger partial charge in [0.25, 0.3) is 0 Å². The van der Waals surface area contributed by atoms with Crippen molar-refractivity contribution in [2.24, 2.45) is 10.9 Å². The number of benzene rings is 1. The zero-order valence-corrected chi connectivity index (χ0v) is 18.2. The molecule has 162 valence electrons. The lowest BCUT2D eigenvalue weighted by molar-refractivity contribution is 0.0536. The number of hydrogen-bond acceptors (Lipinski definition) is 4. The van der Waals surface area contributed by atoms with Crippen LogP contribution in [0.4, 0.5) is 0 Å². The molecule has 0 radical (unpaired) electrons. The first-order valence-electron chi connectivity index (χ1n) is 11.1. The summed E-state index contributed by atoms with van der Waals surface area (Å²) < 4.78 is 10.8. The van der Waals surface area contributed by atoms with Crippen LogP contribution in [0, 0.1) is 5.92 Å². The zero-order chi connectivity index (χ0) is 20.3. The average molecular weight is 403 g/mol. The molecule has 3 rings (SSSR count). The molecule has 2 unspecified atom stereocenters. The third-order valence-electron chi connectivity index (χ3n) is 6.06. The van der Waals surface area contributed by atoms with Crippen molar-refractivity contribution in [3.05, 3.63) is 35.9 Å². The van der Waals surface area contributed by atoms with Gasteiger partial charge in [-0.15, -0.1) is 0 Å². The van der Waals surface area contributed by atoms with E-state index in [1.165, 1.54) is 31.4 Å². The Morgan fingerprint density at radius 3 is 2.79 bits per heavy atom. The van der Waals surface area contributed by atoms with Gasteiger partial charge >= 0.3 is 0 Å². The Balaban J connectivity index is 1.45. The number of ether oxygens (including phenoxy) is 2. The fourth-order valence-corrected chi connectivity index (χ4v) is 4.41. The zero-order valence-electron chi connectivity index (χ0n) is 18.2. The van der Waals surface area contributed by atoms with E-state index in [0.717, 1.165) is 45.2 Å². The number of nitrogens with zero attached hydrogens (tertiary/aromatic N) is 3. The highest BCUT2D eigenvalue weighted by Crippen LogP contribution is 2.20. The summed E-state index contributed by atoms with van der Waals surface area (Å²) in [5.74, 6) is 1.62. The third-order valence-corrected chi connectivity index (χ3v) is 6.06. The highest BCUT2D eigenvalue weighted by molar-refractivity contribution is 5.80. The minimum atomic E-state index is 0.566. The largest absolute Gasteiger partial charge is 0.382 e. The molecule has 0 aliphatic carbocycles. The molecule has 29 heavy (non-hydrogen) atoms. The maximum absolute atomic E-state index is 5.73. The molecule has 1 N–H and O–H groups in total. The molecule has 6 heteroatoms. The normalized spacial score (nSPS) is 23.5. The lowest BCUT2D eigenvalue weighted by Crippen LogP contribution is -2.49. The second kappa shape index (κ2) is 12.2. The van der Waals surface area contributed by atoms with Crippen LogP contribution in [0.15, 0.2) is 35.3 Å². The van der Waals surface area contributed by atoms with Crippen molar-refractivity contribution in [3.63, 3.8) is 0 Å². The summed E-state index contributed by atoms with van der Waals surface area (Å²) in [5.41, 5.74) is 1.40. The molecule has 2 aliphatic rings. The SMILES string of the molecule is CN=C(NCC1CCCCN1Cc1ccccc1)N1CCC(COCCOC)C1. The van der Waals surface area contributed by atoms with Gasteiger partial charge in [-0.2, -0.15) is 0 Å². The summed E-state index contributed by atoms with van der Waals surface area (Å²) in [6, 6.07) is 11.4. The van der Waals surface area contributed by atoms with E-state index in [1.807, 2.05) is 7.05 Å². The van der Waals surface area contributed by atoms with Crippen LogP contribution in [0.25, 0.3) is 0 Å². The van der Waals surface area contributed by atoms with Gasteiger partial charge in [-0.25, -0.2) is 0 Å². The summed E-state index contributed by atoms with van der Waals surface area (Å²) in [5, 5.41) is 3.67. The van der Waals surface area contributed by atoms with E-state index in [0.29, 0.717) is 25.2 Å². The number of hydrogen-bond donors (Lipinski definition) is 1. The van der Waals surface area contributed by atoms with Crippen LogP contribution in [0.5, 0.6) is 0 Å². The molecule has 2 fully saturated rings. The lowest BCUT2D eigenvalue weighted by atomic mass is 10.0. The van der Waals surface area contributed by atoms with Crippen molar-refractivity contribution in [2.45, 2.75) is 38.3 Å². The number of nitrogens with one attached hydrogen (secondary N) is 1. The van der Waals surface area contributed by atoms with Crippen molar-refractivity contribution in [1.29, 1.82) is 0 Å². The van der Waals surface area contributed by atoms with E-state index in [4.69, 9.17) is 9.47 Å². The maximum atomic E-state index is 5.73. The van der Waals surface area contributed by atoms with Crippen molar-refractivity contribution in [1.82, 2.24) is 15.1 Å². The topological polar surface area (TPSA) is 49.3 Å². The van der Waals surface area contributed by atoms with E-state index >= 15 is 0 Å². The van der Waals surface area contributed by atoms with E-state index in [9.17, 15) is 0 Å². The number of methoxy groups -OCH3 is 1. The molecule has 2 saturated heterocycles. The molecular formula is C23H38N4O2. The van der Waals surface area contributed by atoms with E-state index in [2.05, 4.69) is 50.4 Å².